The molecule has 1 rings (SSSR count). The van der Waals surface area contributed by atoms with Crippen molar-refractivity contribution in [1.29, 1.82) is 0 Å². The molecule has 0 aromatic heterocycles. The van der Waals surface area contributed by atoms with E-state index in [-0.39, 0.29) is 16.8 Å². The van der Waals surface area contributed by atoms with E-state index < -0.39 is 9.84 Å². The molecule has 0 aliphatic rings. The van der Waals surface area contributed by atoms with Crippen LogP contribution in [0, 0.1) is 0 Å². The fraction of sp³-hybridized carbons (Fsp3) is 0.462. The van der Waals surface area contributed by atoms with Crippen LogP contribution >= 0.6 is 0 Å². The lowest BCUT2D eigenvalue weighted by molar-refractivity contribution is 0.0717. The van der Waals surface area contributed by atoms with Gasteiger partial charge >= 0.3 is 0 Å². The number of nitrogens with zero attached hydrogens (tertiary/aromatic N) is 1. The zero-order valence-corrected chi connectivity index (χ0v) is 12.0. The summed E-state index contributed by atoms with van der Waals surface area (Å²) in [6, 6.07) is 6.18. The fourth-order valence-electron chi connectivity index (χ4n) is 1.75. The van der Waals surface area contributed by atoms with Crippen molar-refractivity contribution in [3.63, 3.8) is 0 Å². The zero-order valence-electron chi connectivity index (χ0n) is 11.2. The maximum Gasteiger partial charge on any atom is 0.254 e. The lowest BCUT2D eigenvalue weighted by atomic mass is 10.2. The molecule has 0 unspecified atom stereocenters. The third kappa shape index (κ3) is 3.32. The molecule has 0 saturated carbocycles. The molecule has 0 spiro atoms. The van der Waals surface area contributed by atoms with E-state index in [1.54, 1.807) is 17.0 Å². The molecule has 18 heavy (non-hydrogen) atoms. The van der Waals surface area contributed by atoms with Gasteiger partial charge in [0.15, 0.2) is 9.84 Å². The van der Waals surface area contributed by atoms with E-state index in [1.165, 1.54) is 12.1 Å². The van der Waals surface area contributed by atoms with Gasteiger partial charge < -0.3 is 4.90 Å². The average Bonchev–Trinajstić information content (AvgIpc) is 2.28. The Morgan fingerprint density at radius 2 is 1.72 bits per heavy atom. The Balaban J connectivity index is 3.02. The van der Waals surface area contributed by atoms with Crippen LogP contribution in [0.2, 0.25) is 0 Å². The van der Waals surface area contributed by atoms with Crippen LogP contribution in [0.25, 0.3) is 0 Å². The molecule has 0 N–H and O–H groups in total. The third-order valence-electron chi connectivity index (χ3n) is 2.75. The predicted molar refractivity (Wildman–Crippen MR) is 71.4 cm³/mol. The highest BCUT2D eigenvalue weighted by Gasteiger charge is 2.17. The topological polar surface area (TPSA) is 54.5 Å². The second-order valence-corrected chi connectivity index (χ2v) is 6.50. The fourth-order valence-corrected chi connectivity index (χ4v) is 2.38. The number of hydrogen-bond donors (Lipinski definition) is 0. The minimum atomic E-state index is -3.21. The Hall–Kier alpha value is -1.36. The second kappa shape index (κ2) is 5.52. The lowest BCUT2D eigenvalue weighted by Crippen LogP contribution is -2.36. The number of carbonyl (C=O) groups excluding carboxylic acids is 1. The Morgan fingerprint density at radius 3 is 2.06 bits per heavy atom. The number of benzene rings is 1. The molecule has 0 aliphatic carbocycles. The molecule has 100 valence electrons. The van der Waals surface area contributed by atoms with Gasteiger partial charge in [0.05, 0.1) is 4.90 Å². The Kier molecular flexibility index (Phi) is 4.51. The molecule has 5 heteroatoms. The van der Waals surface area contributed by atoms with Crippen LogP contribution in [0.5, 0.6) is 0 Å². The first kappa shape index (κ1) is 14.7. The van der Waals surface area contributed by atoms with Crippen LogP contribution in [0.4, 0.5) is 0 Å². The first-order valence-electron chi connectivity index (χ1n) is 5.88. The molecule has 0 fully saturated rings. The maximum atomic E-state index is 12.2. The summed E-state index contributed by atoms with van der Waals surface area (Å²) in [6.45, 7) is 6.45. The van der Waals surface area contributed by atoms with Crippen molar-refractivity contribution in [1.82, 2.24) is 4.90 Å². The van der Waals surface area contributed by atoms with Crippen LogP contribution in [-0.2, 0) is 9.84 Å². The molecule has 1 aromatic rings. The van der Waals surface area contributed by atoms with Gasteiger partial charge in [-0.2, -0.15) is 0 Å². The Labute approximate surface area is 109 Å². The molecule has 0 bridgehead atoms. The first-order valence-corrected chi connectivity index (χ1v) is 7.77. The van der Waals surface area contributed by atoms with E-state index in [9.17, 15) is 13.2 Å². The number of hydrogen-bond acceptors (Lipinski definition) is 3. The summed E-state index contributed by atoms with van der Waals surface area (Å²) in [5.74, 6) is -0.0763. The quantitative estimate of drug-likeness (QED) is 0.839. The van der Waals surface area contributed by atoms with Gasteiger partial charge in [0.1, 0.15) is 0 Å². The number of amides is 1. The summed E-state index contributed by atoms with van der Waals surface area (Å²) in [5, 5.41) is 0. The van der Waals surface area contributed by atoms with Crippen molar-refractivity contribution in [2.75, 3.05) is 12.8 Å². The average molecular weight is 269 g/mol. The molecule has 0 aliphatic heterocycles. The van der Waals surface area contributed by atoms with E-state index in [2.05, 4.69) is 0 Å². The van der Waals surface area contributed by atoms with Crippen LogP contribution in [0.1, 0.15) is 31.1 Å². The van der Waals surface area contributed by atoms with Crippen molar-refractivity contribution in [2.24, 2.45) is 0 Å². The van der Waals surface area contributed by atoms with Gasteiger partial charge in [-0.05, 0) is 45.0 Å². The summed E-state index contributed by atoms with van der Waals surface area (Å²) in [6.07, 6.45) is 1.15. The van der Waals surface area contributed by atoms with Crippen LogP contribution < -0.4 is 0 Å². The van der Waals surface area contributed by atoms with E-state index in [0.29, 0.717) is 12.1 Å². The smallest absolute Gasteiger partial charge is 0.254 e. The van der Waals surface area contributed by atoms with Gasteiger partial charge in [0, 0.05) is 24.4 Å². The lowest BCUT2D eigenvalue weighted by Gasteiger charge is -2.25. The van der Waals surface area contributed by atoms with Crippen LogP contribution in [0.15, 0.2) is 29.2 Å². The van der Waals surface area contributed by atoms with E-state index in [1.807, 2.05) is 20.8 Å². The van der Waals surface area contributed by atoms with Crippen molar-refractivity contribution in [3.8, 4) is 0 Å². The third-order valence-corrected chi connectivity index (χ3v) is 3.88. The standard InChI is InChI=1S/C13H19NO3S/c1-5-14(10(2)3)13(15)11-6-8-12(9-7-11)18(4,16)17/h6-10H,5H2,1-4H3. The second-order valence-electron chi connectivity index (χ2n) is 4.48. The summed E-state index contributed by atoms with van der Waals surface area (Å²) >= 11 is 0. The highest BCUT2D eigenvalue weighted by atomic mass is 32.2. The number of sulfone groups is 1. The highest BCUT2D eigenvalue weighted by Crippen LogP contribution is 2.13. The zero-order chi connectivity index (χ0) is 13.9. The SMILES string of the molecule is CCN(C(=O)c1ccc(S(C)(=O)=O)cc1)C(C)C. The number of carbonyl (C=O) groups is 1. The molecule has 0 radical (unpaired) electrons. The largest absolute Gasteiger partial charge is 0.337 e. The molecular formula is C13H19NO3S. The predicted octanol–water partition coefficient (Wildman–Crippen LogP) is 1.96. The molecule has 1 aromatic carbocycles. The molecule has 0 atom stereocenters. The molecule has 4 nitrogen and oxygen atoms in total. The summed E-state index contributed by atoms with van der Waals surface area (Å²) in [5.41, 5.74) is 0.512. The van der Waals surface area contributed by atoms with Gasteiger partial charge in [-0.1, -0.05) is 0 Å². The van der Waals surface area contributed by atoms with E-state index in [0.717, 1.165) is 6.26 Å². The van der Waals surface area contributed by atoms with Gasteiger partial charge in [-0.25, -0.2) is 8.42 Å². The van der Waals surface area contributed by atoms with Gasteiger partial charge in [-0.15, -0.1) is 0 Å². The molecule has 0 heterocycles. The van der Waals surface area contributed by atoms with E-state index in [4.69, 9.17) is 0 Å². The minimum absolute atomic E-state index is 0.0763. The number of rotatable bonds is 4. The first-order chi connectivity index (χ1) is 8.27. The molecule has 1 amide bonds. The monoisotopic (exact) mass is 269 g/mol. The minimum Gasteiger partial charge on any atom is -0.337 e. The maximum absolute atomic E-state index is 12.2. The van der Waals surface area contributed by atoms with Crippen molar-refractivity contribution >= 4 is 15.7 Å². The normalized spacial score (nSPS) is 11.6. The van der Waals surface area contributed by atoms with Crippen LogP contribution in [0.3, 0.4) is 0 Å². The molecular weight excluding hydrogens is 250 g/mol. The Morgan fingerprint density at radius 1 is 1.22 bits per heavy atom. The Bertz CT molecular complexity index is 518. The van der Waals surface area contributed by atoms with Crippen molar-refractivity contribution in [2.45, 2.75) is 31.7 Å². The molecule has 0 saturated heterocycles. The summed E-state index contributed by atoms with van der Waals surface area (Å²) in [7, 11) is -3.21. The van der Waals surface area contributed by atoms with Crippen LogP contribution in [-0.4, -0.2) is 38.1 Å². The van der Waals surface area contributed by atoms with Crippen molar-refractivity contribution < 1.29 is 13.2 Å². The van der Waals surface area contributed by atoms with E-state index >= 15 is 0 Å². The summed E-state index contributed by atoms with van der Waals surface area (Å²) in [4.78, 5) is 14.1. The van der Waals surface area contributed by atoms with Crippen molar-refractivity contribution in [3.05, 3.63) is 29.8 Å². The van der Waals surface area contributed by atoms with Gasteiger partial charge in [-0.3, -0.25) is 4.79 Å². The summed E-state index contributed by atoms with van der Waals surface area (Å²) < 4.78 is 22.6. The van der Waals surface area contributed by atoms with Gasteiger partial charge in [0.2, 0.25) is 0 Å². The highest BCUT2D eigenvalue weighted by molar-refractivity contribution is 7.90. The van der Waals surface area contributed by atoms with Gasteiger partial charge in [0.25, 0.3) is 5.91 Å².